The third-order valence-electron chi connectivity index (χ3n) is 3.80. The smallest absolute Gasteiger partial charge is 0.315 e. The molecule has 2 atom stereocenters. The van der Waals surface area contributed by atoms with E-state index in [2.05, 4.69) is 15.6 Å². The van der Waals surface area contributed by atoms with Crippen LogP contribution < -0.4 is 16.2 Å². The van der Waals surface area contributed by atoms with Crippen LogP contribution in [-0.4, -0.2) is 29.8 Å². The number of nitrogens with one attached hydrogen (secondary N) is 3. The minimum atomic E-state index is -0.280. The summed E-state index contributed by atoms with van der Waals surface area (Å²) in [6.45, 7) is 6.61. The van der Waals surface area contributed by atoms with Gasteiger partial charge in [-0.25, -0.2) is 4.79 Å². The Morgan fingerprint density at radius 3 is 2.90 bits per heavy atom. The minimum Gasteiger partial charge on any atom is -0.376 e. The molecule has 3 N–H and O–H groups in total. The minimum absolute atomic E-state index is 0.0371. The largest absolute Gasteiger partial charge is 0.376 e. The topological polar surface area (TPSA) is 83.2 Å². The molecule has 2 rings (SSSR count). The predicted octanol–water partition coefficient (Wildman–Crippen LogP) is 1.36. The Morgan fingerprint density at radius 2 is 2.29 bits per heavy atom. The molecule has 0 bridgehead atoms. The molecule has 1 saturated heterocycles. The molecule has 0 aliphatic carbocycles. The van der Waals surface area contributed by atoms with Gasteiger partial charge in [-0.2, -0.15) is 0 Å². The average Bonchev–Trinajstić information content (AvgIpc) is 2.91. The maximum absolute atomic E-state index is 11.9. The van der Waals surface area contributed by atoms with Crippen LogP contribution in [0.5, 0.6) is 0 Å². The number of aromatic amines is 1. The van der Waals surface area contributed by atoms with Crippen LogP contribution in [0.3, 0.4) is 0 Å². The molecule has 1 aliphatic heterocycles. The number of H-pyrrole nitrogens is 1. The number of aromatic nitrogens is 1. The van der Waals surface area contributed by atoms with Crippen LogP contribution >= 0.6 is 0 Å². The summed E-state index contributed by atoms with van der Waals surface area (Å²) in [7, 11) is 0. The van der Waals surface area contributed by atoms with E-state index in [4.69, 9.17) is 4.74 Å². The van der Waals surface area contributed by atoms with Crippen molar-refractivity contribution in [1.82, 2.24) is 15.6 Å². The van der Waals surface area contributed by atoms with Gasteiger partial charge in [-0.3, -0.25) is 4.79 Å². The lowest BCUT2D eigenvalue weighted by Gasteiger charge is -2.20. The van der Waals surface area contributed by atoms with Crippen molar-refractivity contribution < 1.29 is 9.53 Å². The normalized spacial score (nSPS) is 19.3. The zero-order valence-corrected chi connectivity index (χ0v) is 12.8. The first-order valence-corrected chi connectivity index (χ1v) is 7.32. The van der Waals surface area contributed by atoms with Crippen molar-refractivity contribution in [3.8, 4) is 0 Å². The average molecular weight is 293 g/mol. The summed E-state index contributed by atoms with van der Waals surface area (Å²) in [5, 5.41) is 5.58. The Balaban J connectivity index is 1.88. The fourth-order valence-electron chi connectivity index (χ4n) is 2.62. The third-order valence-corrected chi connectivity index (χ3v) is 3.80. The summed E-state index contributed by atoms with van der Waals surface area (Å²) in [5.41, 5.74) is 2.13. The second-order valence-electron chi connectivity index (χ2n) is 5.61. The number of urea groups is 1. The molecule has 6 nitrogen and oxygen atoms in total. The van der Waals surface area contributed by atoms with E-state index in [1.807, 2.05) is 26.8 Å². The van der Waals surface area contributed by atoms with E-state index in [1.54, 1.807) is 0 Å². The predicted molar refractivity (Wildman–Crippen MR) is 80.3 cm³/mol. The van der Waals surface area contributed by atoms with Crippen molar-refractivity contribution in [3.63, 3.8) is 0 Å². The van der Waals surface area contributed by atoms with Crippen LogP contribution in [-0.2, 0) is 11.3 Å². The first kappa shape index (κ1) is 15.6. The number of aryl methyl sites for hydroxylation is 2. The standard InChI is InChI=1S/C15H23N3O3/c1-9-7-10(2)17-14(19)12(9)8-16-15(20)18-11(3)13-5-4-6-21-13/h7,11,13H,4-6,8H2,1-3H3,(H,17,19)(H2,16,18,20)/t11-,13-/m0/s1. The van der Waals surface area contributed by atoms with Crippen molar-refractivity contribution in [2.24, 2.45) is 0 Å². The van der Waals surface area contributed by atoms with Gasteiger partial charge in [0.25, 0.3) is 5.56 Å². The van der Waals surface area contributed by atoms with E-state index in [0.29, 0.717) is 5.56 Å². The molecule has 0 spiro atoms. The number of amides is 2. The summed E-state index contributed by atoms with van der Waals surface area (Å²) in [4.78, 5) is 26.5. The maximum Gasteiger partial charge on any atom is 0.315 e. The summed E-state index contributed by atoms with van der Waals surface area (Å²) in [5.74, 6) is 0. The van der Waals surface area contributed by atoms with Crippen LogP contribution in [0.15, 0.2) is 10.9 Å². The second-order valence-corrected chi connectivity index (χ2v) is 5.61. The molecule has 116 valence electrons. The number of hydrogen-bond donors (Lipinski definition) is 3. The fourth-order valence-corrected chi connectivity index (χ4v) is 2.62. The van der Waals surface area contributed by atoms with Crippen molar-refractivity contribution in [2.45, 2.75) is 52.3 Å². The lowest BCUT2D eigenvalue weighted by Crippen LogP contribution is -2.46. The summed E-state index contributed by atoms with van der Waals surface area (Å²) in [6, 6.07) is 1.58. The molecule has 1 aliphatic rings. The van der Waals surface area contributed by atoms with Crippen LogP contribution in [0, 0.1) is 13.8 Å². The van der Waals surface area contributed by atoms with Gasteiger partial charge in [0.05, 0.1) is 18.7 Å². The molecule has 2 amide bonds. The highest BCUT2D eigenvalue weighted by molar-refractivity contribution is 5.74. The van der Waals surface area contributed by atoms with Gasteiger partial charge in [-0.15, -0.1) is 0 Å². The van der Waals surface area contributed by atoms with Gasteiger partial charge in [0.2, 0.25) is 0 Å². The second kappa shape index (κ2) is 6.76. The Hall–Kier alpha value is -1.82. The van der Waals surface area contributed by atoms with Crippen molar-refractivity contribution >= 4 is 6.03 Å². The number of rotatable bonds is 4. The first-order chi connectivity index (χ1) is 9.97. The number of ether oxygens (including phenoxy) is 1. The molecule has 1 fully saturated rings. The zero-order chi connectivity index (χ0) is 15.4. The van der Waals surface area contributed by atoms with Gasteiger partial charge in [0.15, 0.2) is 0 Å². The van der Waals surface area contributed by atoms with Crippen LogP contribution in [0.4, 0.5) is 4.79 Å². The van der Waals surface area contributed by atoms with Crippen molar-refractivity contribution in [2.75, 3.05) is 6.61 Å². The number of carbonyl (C=O) groups excluding carboxylic acids is 1. The Morgan fingerprint density at radius 1 is 1.52 bits per heavy atom. The van der Waals surface area contributed by atoms with E-state index in [0.717, 1.165) is 30.7 Å². The summed E-state index contributed by atoms with van der Waals surface area (Å²) >= 11 is 0. The fraction of sp³-hybridized carbons (Fsp3) is 0.600. The van der Waals surface area contributed by atoms with Gasteiger partial charge < -0.3 is 20.4 Å². The highest BCUT2D eigenvalue weighted by atomic mass is 16.5. The molecule has 0 aromatic carbocycles. The summed E-state index contributed by atoms with van der Waals surface area (Å²) in [6.07, 6.45) is 2.09. The monoisotopic (exact) mass is 293 g/mol. The van der Waals surface area contributed by atoms with E-state index in [9.17, 15) is 9.59 Å². The molecule has 6 heteroatoms. The van der Waals surface area contributed by atoms with Crippen molar-refractivity contribution in [1.29, 1.82) is 0 Å². The van der Waals surface area contributed by atoms with Crippen LogP contribution in [0.2, 0.25) is 0 Å². The van der Waals surface area contributed by atoms with Crippen LogP contribution in [0.1, 0.15) is 36.6 Å². The van der Waals surface area contributed by atoms with E-state index in [1.165, 1.54) is 0 Å². The highest BCUT2D eigenvalue weighted by Gasteiger charge is 2.23. The Bertz CT molecular complexity index is 562. The number of pyridine rings is 1. The lowest BCUT2D eigenvalue weighted by molar-refractivity contribution is 0.0860. The van der Waals surface area contributed by atoms with Gasteiger partial charge in [-0.05, 0) is 45.2 Å². The Labute approximate surface area is 124 Å². The van der Waals surface area contributed by atoms with E-state index in [-0.39, 0.29) is 30.3 Å². The lowest BCUT2D eigenvalue weighted by atomic mass is 10.1. The molecular formula is C15H23N3O3. The Kier molecular flexibility index (Phi) is 5.01. The van der Waals surface area contributed by atoms with Crippen LogP contribution in [0.25, 0.3) is 0 Å². The zero-order valence-electron chi connectivity index (χ0n) is 12.8. The SMILES string of the molecule is Cc1cc(C)c(CNC(=O)N[C@@H](C)[C@@H]2CCCO2)c(=O)[nH]1. The highest BCUT2D eigenvalue weighted by Crippen LogP contribution is 2.15. The van der Waals surface area contributed by atoms with Gasteiger partial charge in [-0.1, -0.05) is 0 Å². The molecule has 2 heterocycles. The van der Waals surface area contributed by atoms with Gasteiger partial charge >= 0.3 is 6.03 Å². The number of hydrogen-bond acceptors (Lipinski definition) is 3. The molecule has 1 aromatic heterocycles. The summed E-state index contributed by atoms with van der Waals surface area (Å²) < 4.78 is 5.53. The van der Waals surface area contributed by atoms with Gasteiger partial charge in [0, 0.05) is 17.9 Å². The number of carbonyl (C=O) groups is 1. The molecule has 1 aromatic rings. The quantitative estimate of drug-likeness (QED) is 0.784. The van der Waals surface area contributed by atoms with Crippen molar-refractivity contribution in [3.05, 3.63) is 33.2 Å². The van der Waals surface area contributed by atoms with Gasteiger partial charge in [0.1, 0.15) is 0 Å². The van der Waals surface area contributed by atoms with E-state index < -0.39 is 0 Å². The molecule has 0 radical (unpaired) electrons. The molecule has 0 saturated carbocycles. The molecule has 0 unspecified atom stereocenters. The maximum atomic E-state index is 11.9. The molecule has 21 heavy (non-hydrogen) atoms. The first-order valence-electron chi connectivity index (χ1n) is 7.32. The third kappa shape index (κ3) is 4.07. The molecular weight excluding hydrogens is 270 g/mol. The van der Waals surface area contributed by atoms with E-state index >= 15 is 0 Å².